The Hall–Kier alpha value is -2.16. The molecule has 0 aromatic heterocycles. The summed E-state index contributed by atoms with van der Waals surface area (Å²) in [5.74, 6) is -0.511. The van der Waals surface area contributed by atoms with Crippen molar-refractivity contribution >= 4 is 27.5 Å². The van der Waals surface area contributed by atoms with Crippen LogP contribution in [-0.4, -0.2) is 27.0 Å². The molecule has 0 spiro atoms. The van der Waals surface area contributed by atoms with E-state index in [2.05, 4.69) is 10.0 Å². The SMILES string of the molecule is CCOc1ccc(S(=O)(=O)N[C@H](C)C(=O)NCc2ccc(F)cc2)cc1Cl. The largest absolute Gasteiger partial charge is 0.492 e. The highest BCUT2D eigenvalue weighted by Crippen LogP contribution is 2.27. The van der Waals surface area contributed by atoms with Crippen LogP contribution in [0.5, 0.6) is 5.75 Å². The number of carbonyl (C=O) groups is 1. The summed E-state index contributed by atoms with van der Waals surface area (Å²) in [5, 5.41) is 2.76. The van der Waals surface area contributed by atoms with Crippen LogP contribution in [0.25, 0.3) is 0 Å². The summed E-state index contributed by atoms with van der Waals surface area (Å²) in [6.45, 7) is 3.76. The van der Waals surface area contributed by atoms with Crippen LogP contribution in [0.1, 0.15) is 19.4 Å². The highest BCUT2D eigenvalue weighted by Gasteiger charge is 2.22. The second kappa shape index (κ2) is 9.16. The Morgan fingerprint density at radius 3 is 2.48 bits per heavy atom. The Morgan fingerprint density at radius 2 is 1.89 bits per heavy atom. The van der Waals surface area contributed by atoms with Gasteiger partial charge in [0.15, 0.2) is 0 Å². The molecular weight excluding hydrogens is 395 g/mol. The third kappa shape index (κ3) is 5.92. The zero-order chi connectivity index (χ0) is 20.0. The molecule has 0 unspecified atom stereocenters. The first-order valence-electron chi connectivity index (χ1n) is 8.19. The lowest BCUT2D eigenvalue weighted by Crippen LogP contribution is -2.44. The molecule has 0 aliphatic rings. The van der Waals surface area contributed by atoms with Gasteiger partial charge in [-0.3, -0.25) is 4.79 Å². The summed E-state index contributed by atoms with van der Waals surface area (Å²) in [4.78, 5) is 12.1. The van der Waals surface area contributed by atoms with Gasteiger partial charge in [-0.2, -0.15) is 4.72 Å². The summed E-state index contributed by atoms with van der Waals surface area (Å²) >= 11 is 6.02. The van der Waals surface area contributed by atoms with E-state index in [9.17, 15) is 17.6 Å². The van der Waals surface area contributed by atoms with Crippen molar-refractivity contribution in [1.29, 1.82) is 0 Å². The molecule has 6 nitrogen and oxygen atoms in total. The van der Waals surface area contributed by atoms with E-state index < -0.39 is 22.0 Å². The Kier molecular flexibility index (Phi) is 7.18. The number of halogens is 2. The smallest absolute Gasteiger partial charge is 0.241 e. The summed E-state index contributed by atoms with van der Waals surface area (Å²) < 4.78 is 45.3. The predicted octanol–water partition coefficient (Wildman–Crippen LogP) is 2.86. The number of rotatable bonds is 8. The van der Waals surface area contributed by atoms with Crippen molar-refractivity contribution in [2.45, 2.75) is 31.3 Å². The van der Waals surface area contributed by atoms with Crippen molar-refractivity contribution < 1.29 is 22.3 Å². The van der Waals surface area contributed by atoms with Crippen molar-refractivity contribution in [3.05, 3.63) is 58.9 Å². The molecule has 0 bridgehead atoms. The number of amides is 1. The van der Waals surface area contributed by atoms with Gasteiger partial charge in [0.05, 0.1) is 22.6 Å². The molecule has 0 fully saturated rings. The summed E-state index contributed by atoms with van der Waals surface area (Å²) in [5.41, 5.74) is 0.693. The maximum Gasteiger partial charge on any atom is 0.241 e. The molecule has 1 amide bonds. The average molecular weight is 415 g/mol. The number of carbonyl (C=O) groups excluding carboxylic acids is 1. The Morgan fingerprint density at radius 1 is 1.22 bits per heavy atom. The number of benzene rings is 2. The van der Waals surface area contributed by atoms with Crippen molar-refractivity contribution in [1.82, 2.24) is 10.0 Å². The van der Waals surface area contributed by atoms with E-state index in [4.69, 9.17) is 16.3 Å². The molecule has 0 aliphatic carbocycles. The van der Waals surface area contributed by atoms with Gasteiger partial charge in [0.25, 0.3) is 0 Å². The standard InChI is InChI=1S/C18H20ClFN2O4S/c1-3-26-17-9-8-15(10-16(17)19)27(24,25)22-12(2)18(23)21-11-13-4-6-14(20)7-5-13/h4-10,12,22H,3,11H2,1-2H3,(H,21,23)/t12-/m1/s1. The second-order valence-corrected chi connectivity index (χ2v) is 7.83. The molecule has 9 heteroatoms. The number of sulfonamides is 1. The van der Waals surface area contributed by atoms with Gasteiger partial charge in [-0.1, -0.05) is 23.7 Å². The van der Waals surface area contributed by atoms with E-state index in [1.165, 1.54) is 49.4 Å². The Bertz CT molecular complexity index is 904. The van der Waals surface area contributed by atoms with Crippen LogP contribution < -0.4 is 14.8 Å². The fourth-order valence-electron chi connectivity index (χ4n) is 2.22. The van der Waals surface area contributed by atoms with Crippen molar-refractivity contribution in [2.24, 2.45) is 0 Å². The number of hydrogen-bond acceptors (Lipinski definition) is 4. The highest BCUT2D eigenvalue weighted by atomic mass is 35.5. The Labute approximate surface area is 162 Å². The van der Waals surface area contributed by atoms with Gasteiger partial charge in [-0.05, 0) is 49.7 Å². The van der Waals surface area contributed by atoms with E-state index in [0.717, 1.165) is 0 Å². The molecule has 2 rings (SSSR count). The first kappa shape index (κ1) is 21.1. The minimum atomic E-state index is -3.95. The minimum Gasteiger partial charge on any atom is -0.492 e. The maximum absolute atomic E-state index is 12.9. The molecule has 2 aromatic carbocycles. The monoisotopic (exact) mass is 414 g/mol. The lowest BCUT2D eigenvalue weighted by molar-refractivity contribution is -0.122. The van der Waals surface area contributed by atoms with Crippen LogP contribution in [0.15, 0.2) is 47.4 Å². The van der Waals surface area contributed by atoms with E-state index in [0.29, 0.717) is 17.9 Å². The third-order valence-electron chi connectivity index (χ3n) is 3.62. The fraction of sp³-hybridized carbons (Fsp3) is 0.278. The molecule has 2 aromatic rings. The van der Waals surface area contributed by atoms with Crippen molar-refractivity contribution in [3.8, 4) is 5.75 Å². The molecule has 0 radical (unpaired) electrons. The van der Waals surface area contributed by atoms with Gasteiger partial charge >= 0.3 is 0 Å². The van der Waals surface area contributed by atoms with Gasteiger partial charge in [0.1, 0.15) is 11.6 Å². The lowest BCUT2D eigenvalue weighted by Gasteiger charge is -2.15. The van der Waals surface area contributed by atoms with Crippen LogP contribution in [0.2, 0.25) is 5.02 Å². The van der Waals surface area contributed by atoms with Gasteiger partial charge in [0, 0.05) is 6.54 Å². The zero-order valence-corrected chi connectivity index (χ0v) is 16.4. The van der Waals surface area contributed by atoms with Crippen LogP contribution in [0.3, 0.4) is 0 Å². The number of nitrogens with one attached hydrogen (secondary N) is 2. The van der Waals surface area contributed by atoms with Gasteiger partial charge in [-0.25, -0.2) is 12.8 Å². The van der Waals surface area contributed by atoms with Crippen LogP contribution >= 0.6 is 11.6 Å². The van der Waals surface area contributed by atoms with E-state index in [1.807, 2.05) is 0 Å². The van der Waals surface area contributed by atoms with Gasteiger partial charge < -0.3 is 10.1 Å². The summed E-state index contributed by atoms with van der Waals surface area (Å²) in [6.07, 6.45) is 0. The lowest BCUT2D eigenvalue weighted by atomic mass is 10.2. The highest BCUT2D eigenvalue weighted by molar-refractivity contribution is 7.89. The van der Waals surface area contributed by atoms with Crippen LogP contribution in [-0.2, 0) is 21.4 Å². The van der Waals surface area contributed by atoms with Crippen LogP contribution in [0.4, 0.5) is 4.39 Å². The molecule has 27 heavy (non-hydrogen) atoms. The maximum atomic E-state index is 12.9. The summed E-state index contributed by atoms with van der Waals surface area (Å²) in [6, 6.07) is 8.69. The molecule has 1 atom stereocenters. The quantitative estimate of drug-likeness (QED) is 0.695. The second-order valence-electron chi connectivity index (χ2n) is 5.71. The molecule has 146 valence electrons. The third-order valence-corrected chi connectivity index (χ3v) is 5.45. The number of hydrogen-bond donors (Lipinski definition) is 2. The molecule has 0 saturated carbocycles. The predicted molar refractivity (Wildman–Crippen MR) is 101 cm³/mol. The van der Waals surface area contributed by atoms with E-state index in [-0.39, 0.29) is 22.3 Å². The fourth-order valence-corrected chi connectivity index (χ4v) is 3.75. The zero-order valence-electron chi connectivity index (χ0n) is 14.8. The first-order chi connectivity index (χ1) is 12.7. The molecule has 0 saturated heterocycles. The normalized spacial score (nSPS) is 12.4. The van der Waals surface area contributed by atoms with Crippen LogP contribution in [0, 0.1) is 5.82 Å². The summed E-state index contributed by atoms with van der Waals surface area (Å²) in [7, 11) is -3.95. The van der Waals surface area contributed by atoms with E-state index in [1.54, 1.807) is 6.92 Å². The van der Waals surface area contributed by atoms with Crippen molar-refractivity contribution in [2.75, 3.05) is 6.61 Å². The van der Waals surface area contributed by atoms with Gasteiger partial charge in [0.2, 0.25) is 15.9 Å². The number of ether oxygens (including phenoxy) is 1. The average Bonchev–Trinajstić information content (AvgIpc) is 2.62. The molecule has 0 aliphatic heterocycles. The Balaban J connectivity index is 2.00. The molecule has 0 heterocycles. The van der Waals surface area contributed by atoms with Crippen molar-refractivity contribution in [3.63, 3.8) is 0 Å². The molecular formula is C18H20ClFN2O4S. The molecule has 2 N–H and O–H groups in total. The minimum absolute atomic E-state index is 0.0749. The topological polar surface area (TPSA) is 84.5 Å². The first-order valence-corrected chi connectivity index (χ1v) is 10.1. The van der Waals surface area contributed by atoms with E-state index >= 15 is 0 Å². The van der Waals surface area contributed by atoms with Gasteiger partial charge in [-0.15, -0.1) is 0 Å².